The van der Waals surface area contributed by atoms with Gasteiger partial charge in [0.05, 0.1) is 12.5 Å². The maximum absolute atomic E-state index is 14.1. The molecule has 0 radical (unpaired) electrons. The summed E-state index contributed by atoms with van der Waals surface area (Å²) in [5.41, 5.74) is -0.0149. The highest BCUT2D eigenvalue weighted by molar-refractivity contribution is 5.96. The van der Waals surface area contributed by atoms with E-state index in [-0.39, 0.29) is 37.2 Å². The van der Waals surface area contributed by atoms with Crippen molar-refractivity contribution < 1.29 is 38.6 Å². The number of rotatable bonds is 4. The van der Waals surface area contributed by atoms with Gasteiger partial charge in [-0.1, -0.05) is 49.3 Å². The minimum Gasteiger partial charge on any atom is -0.479 e. The summed E-state index contributed by atoms with van der Waals surface area (Å²) in [6.07, 6.45) is 7.05. The Morgan fingerprint density at radius 1 is 1.07 bits per heavy atom. The third-order valence-electron chi connectivity index (χ3n) is 8.98. The van der Waals surface area contributed by atoms with Gasteiger partial charge in [0.15, 0.2) is 0 Å². The lowest BCUT2D eigenvalue weighted by Crippen LogP contribution is -2.56. The molecule has 3 amide bonds. The predicted molar refractivity (Wildman–Crippen MR) is 159 cm³/mol. The normalized spacial score (nSPS) is 30.0. The lowest BCUT2D eigenvalue weighted by atomic mass is 10.0. The Morgan fingerprint density at radius 3 is 2.43 bits per heavy atom. The van der Waals surface area contributed by atoms with Gasteiger partial charge in [0, 0.05) is 12.3 Å². The second-order valence-electron chi connectivity index (χ2n) is 13.5. The van der Waals surface area contributed by atoms with E-state index in [1.807, 2.05) is 36.4 Å². The lowest BCUT2D eigenvalue weighted by Gasteiger charge is -2.30. The molecule has 2 fully saturated rings. The minimum atomic E-state index is -1.44. The van der Waals surface area contributed by atoms with Gasteiger partial charge in [-0.2, -0.15) is 0 Å². The second kappa shape index (κ2) is 12.6. The predicted octanol–water partition coefficient (Wildman–Crippen LogP) is 3.29. The van der Waals surface area contributed by atoms with Gasteiger partial charge in [-0.15, -0.1) is 0 Å². The van der Waals surface area contributed by atoms with Gasteiger partial charge in [-0.25, -0.2) is 9.59 Å². The molecule has 0 bridgehead atoms. The minimum absolute atomic E-state index is 0.0261. The molecule has 0 aromatic heterocycles. The molecule has 5 rings (SSSR count). The molecular weight excluding hydrogens is 566 g/mol. The summed E-state index contributed by atoms with van der Waals surface area (Å²) in [7, 11) is 0. The Bertz CT molecular complexity index is 1310. The van der Waals surface area contributed by atoms with Gasteiger partial charge in [-0.05, 0) is 70.4 Å². The van der Waals surface area contributed by atoms with Crippen LogP contribution in [0.4, 0.5) is 4.79 Å². The van der Waals surface area contributed by atoms with Crippen LogP contribution in [0.5, 0.6) is 0 Å². The van der Waals surface area contributed by atoms with Crippen LogP contribution < -0.4 is 10.6 Å². The first kappa shape index (κ1) is 31.5. The van der Waals surface area contributed by atoms with Crippen molar-refractivity contribution in [3.05, 3.63) is 47.5 Å². The number of esters is 1. The van der Waals surface area contributed by atoms with Crippen molar-refractivity contribution in [1.82, 2.24) is 15.5 Å². The van der Waals surface area contributed by atoms with E-state index in [1.165, 1.54) is 4.90 Å². The first-order valence-corrected chi connectivity index (χ1v) is 15.7. The number of nitrogens with one attached hydrogen (secondary N) is 2. The van der Waals surface area contributed by atoms with E-state index in [2.05, 4.69) is 10.6 Å². The van der Waals surface area contributed by atoms with Crippen LogP contribution in [0.15, 0.2) is 36.4 Å². The summed E-state index contributed by atoms with van der Waals surface area (Å²) in [6, 6.07) is 5.82. The van der Waals surface area contributed by atoms with Crippen molar-refractivity contribution in [1.29, 1.82) is 0 Å². The summed E-state index contributed by atoms with van der Waals surface area (Å²) in [5.74, 6) is -3.33. The van der Waals surface area contributed by atoms with Crippen LogP contribution in [-0.2, 0) is 41.5 Å². The maximum Gasteiger partial charge on any atom is 0.408 e. The van der Waals surface area contributed by atoms with Crippen LogP contribution in [0.3, 0.4) is 0 Å². The Morgan fingerprint density at radius 2 is 1.77 bits per heavy atom. The lowest BCUT2D eigenvalue weighted by molar-refractivity contribution is -0.153. The Balaban J connectivity index is 1.37. The number of amides is 3. The molecule has 1 saturated carbocycles. The number of ether oxygens (including phenoxy) is 2. The van der Waals surface area contributed by atoms with Crippen LogP contribution >= 0.6 is 0 Å². The molecular formula is C33H43N3O8. The number of alkyl carbamates (subject to hydrolysis) is 1. The number of hydrogen-bond donors (Lipinski definition) is 3. The van der Waals surface area contributed by atoms with E-state index in [9.17, 15) is 29.1 Å². The molecule has 2 aliphatic heterocycles. The number of benzene rings is 1. The maximum atomic E-state index is 14.1. The molecule has 0 spiro atoms. The second-order valence-corrected chi connectivity index (χ2v) is 13.5. The largest absolute Gasteiger partial charge is 0.479 e. The van der Waals surface area contributed by atoms with Crippen molar-refractivity contribution in [3.8, 4) is 0 Å². The molecule has 11 nitrogen and oxygen atoms in total. The molecule has 0 unspecified atom stereocenters. The average molecular weight is 610 g/mol. The van der Waals surface area contributed by atoms with Crippen molar-refractivity contribution >= 4 is 29.8 Å². The van der Waals surface area contributed by atoms with Gasteiger partial charge >= 0.3 is 18.0 Å². The summed E-state index contributed by atoms with van der Waals surface area (Å²) >= 11 is 0. The monoisotopic (exact) mass is 609 g/mol. The van der Waals surface area contributed by atoms with E-state index in [4.69, 9.17) is 9.47 Å². The highest BCUT2D eigenvalue weighted by atomic mass is 16.6. The van der Waals surface area contributed by atoms with Crippen LogP contribution in [0.2, 0.25) is 0 Å². The molecule has 2 heterocycles. The number of carbonyl (C=O) groups excluding carboxylic acids is 4. The van der Waals surface area contributed by atoms with Crippen molar-refractivity contribution in [3.63, 3.8) is 0 Å². The topological polar surface area (TPSA) is 151 Å². The molecule has 2 aliphatic carbocycles. The van der Waals surface area contributed by atoms with E-state index in [0.717, 1.165) is 30.4 Å². The molecule has 4 aliphatic rings. The number of carboxylic acid groups (broad SMARTS) is 1. The SMILES string of the molecule is CC(C)(C)OC(=O)N[C@H]1CCCCC/C=C\[C@@H]2C[C@@]2(C(=O)O)NC(=O)[C@@H]2C[C@@H](OC(=O)C3Cc4ccccc4C3)CN2C1=O. The zero-order valence-corrected chi connectivity index (χ0v) is 25.7. The number of carboxylic acids is 1. The first-order chi connectivity index (χ1) is 20.9. The highest BCUT2D eigenvalue weighted by Gasteiger charge is 2.61. The van der Waals surface area contributed by atoms with Crippen LogP contribution in [0.25, 0.3) is 0 Å². The fourth-order valence-electron chi connectivity index (χ4n) is 6.58. The zero-order valence-electron chi connectivity index (χ0n) is 25.7. The van der Waals surface area contributed by atoms with Gasteiger partial charge in [0.1, 0.15) is 29.3 Å². The van der Waals surface area contributed by atoms with E-state index < -0.39 is 53.2 Å². The summed E-state index contributed by atoms with van der Waals surface area (Å²) in [6.45, 7) is 5.14. The highest BCUT2D eigenvalue weighted by Crippen LogP contribution is 2.45. The van der Waals surface area contributed by atoms with Gasteiger partial charge in [-0.3, -0.25) is 14.4 Å². The van der Waals surface area contributed by atoms with E-state index >= 15 is 0 Å². The van der Waals surface area contributed by atoms with Crippen LogP contribution in [0, 0.1) is 11.8 Å². The molecule has 1 aromatic rings. The third-order valence-corrected chi connectivity index (χ3v) is 8.98. The standard InChI is InChI=1S/C33H43N3O8/c1-32(2,3)44-31(42)34-25-14-8-6-4-5-7-13-23-18-33(23,30(40)41)35-27(37)26-17-24(19-36(26)28(25)38)43-29(39)22-15-20-11-9-10-12-21(20)16-22/h7,9-13,22-26H,4-6,8,14-19H2,1-3H3,(H,34,42)(H,35,37)(H,40,41)/b13-7-/t23-,24-,25+,26+,33-/m1/s1. The number of aliphatic carboxylic acids is 1. The molecule has 44 heavy (non-hydrogen) atoms. The van der Waals surface area contributed by atoms with Crippen LogP contribution in [0.1, 0.15) is 76.8 Å². The van der Waals surface area contributed by atoms with Gasteiger partial charge in [0.2, 0.25) is 11.8 Å². The van der Waals surface area contributed by atoms with Gasteiger partial charge in [0.25, 0.3) is 0 Å². The first-order valence-electron chi connectivity index (χ1n) is 15.7. The number of nitrogens with zero attached hydrogens (tertiary/aromatic N) is 1. The van der Waals surface area contributed by atoms with Crippen molar-refractivity contribution in [2.75, 3.05) is 6.54 Å². The van der Waals surface area contributed by atoms with E-state index in [1.54, 1.807) is 20.8 Å². The van der Waals surface area contributed by atoms with Crippen molar-refractivity contribution in [2.24, 2.45) is 11.8 Å². The van der Waals surface area contributed by atoms with Gasteiger partial charge < -0.3 is 30.1 Å². The number of carbonyl (C=O) groups is 5. The molecule has 1 saturated heterocycles. The molecule has 5 atom stereocenters. The Kier molecular flexibility index (Phi) is 9.04. The number of fused-ring (bicyclic) bond motifs is 3. The fourth-order valence-corrected chi connectivity index (χ4v) is 6.58. The third kappa shape index (κ3) is 7.08. The zero-order chi connectivity index (χ0) is 31.6. The summed E-state index contributed by atoms with van der Waals surface area (Å²) < 4.78 is 11.3. The number of hydrogen-bond acceptors (Lipinski definition) is 7. The number of allylic oxidation sites excluding steroid dienone is 1. The fraction of sp³-hybridized carbons (Fsp3) is 0.606. The van der Waals surface area contributed by atoms with Crippen LogP contribution in [-0.4, -0.2) is 75.7 Å². The quantitative estimate of drug-likeness (QED) is 0.348. The van der Waals surface area contributed by atoms with E-state index in [0.29, 0.717) is 25.7 Å². The average Bonchev–Trinajstić information content (AvgIpc) is 3.27. The smallest absolute Gasteiger partial charge is 0.408 e. The Labute approximate surface area is 257 Å². The summed E-state index contributed by atoms with van der Waals surface area (Å²) in [5, 5.41) is 15.5. The molecule has 1 aromatic carbocycles. The Hall–Kier alpha value is -3.89. The van der Waals surface area contributed by atoms with Crippen molar-refractivity contribution in [2.45, 2.75) is 108 Å². The molecule has 238 valence electrons. The molecule has 11 heteroatoms. The summed E-state index contributed by atoms with van der Waals surface area (Å²) in [4.78, 5) is 67.4. The molecule has 3 N–H and O–H groups in total.